The van der Waals surface area contributed by atoms with Crippen molar-refractivity contribution in [2.75, 3.05) is 17.1 Å². The molecule has 8 heteroatoms. The molecule has 27 heavy (non-hydrogen) atoms. The van der Waals surface area contributed by atoms with Crippen LogP contribution < -0.4 is 14.8 Å². The van der Waals surface area contributed by atoms with Crippen LogP contribution in [-0.4, -0.2) is 15.5 Å². The fraction of sp³-hybridized carbons (Fsp3) is 0.0526. The summed E-state index contributed by atoms with van der Waals surface area (Å²) in [7, 11) is -2.25. The Hall–Kier alpha value is -2.71. The molecule has 0 bridgehead atoms. The minimum atomic E-state index is -3.77. The van der Waals surface area contributed by atoms with E-state index in [1.807, 2.05) is 6.07 Å². The summed E-state index contributed by atoms with van der Waals surface area (Å²) in [6, 6.07) is 15.9. The Morgan fingerprint density at radius 3 is 2.56 bits per heavy atom. The zero-order chi connectivity index (χ0) is 19.0. The van der Waals surface area contributed by atoms with Gasteiger partial charge in [0.2, 0.25) is 0 Å². The van der Waals surface area contributed by atoms with E-state index < -0.39 is 10.0 Å². The van der Waals surface area contributed by atoms with E-state index in [-0.39, 0.29) is 10.7 Å². The van der Waals surface area contributed by atoms with Gasteiger partial charge in [0, 0.05) is 9.79 Å². The molecule has 0 aromatic heterocycles. The first kappa shape index (κ1) is 17.7. The van der Waals surface area contributed by atoms with Gasteiger partial charge in [0.25, 0.3) is 10.0 Å². The minimum absolute atomic E-state index is 0.131. The molecule has 2 N–H and O–H groups in total. The Kier molecular flexibility index (Phi) is 4.45. The minimum Gasteiger partial charge on any atom is -0.497 e. The second kappa shape index (κ2) is 6.79. The third kappa shape index (κ3) is 3.45. The zero-order valence-corrected chi connectivity index (χ0v) is 15.8. The van der Waals surface area contributed by atoms with Gasteiger partial charge in [-0.05, 0) is 54.6 Å². The Morgan fingerprint density at radius 2 is 1.81 bits per heavy atom. The molecule has 138 valence electrons. The summed E-state index contributed by atoms with van der Waals surface area (Å²) in [5.74, 6) is 0.260. The predicted octanol–water partition coefficient (Wildman–Crippen LogP) is 4.84. The van der Waals surface area contributed by atoms with Crippen LogP contribution in [0, 0.1) is 5.82 Å². The Morgan fingerprint density at radius 1 is 1.04 bits per heavy atom. The summed E-state index contributed by atoms with van der Waals surface area (Å²) < 4.78 is 46.6. The quantitative estimate of drug-likeness (QED) is 0.511. The highest BCUT2D eigenvalue weighted by atomic mass is 32.2. The van der Waals surface area contributed by atoms with Gasteiger partial charge in [-0.1, -0.05) is 17.8 Å². The molecule has 0 spiro atoms. The highest BCUT2D eigenvalue weighted by Gasteiger charge is 2.22. The first-order valence-corrected chi connectivity index (χ1v) is 10.3. The van der Waals surface area contributed by atoms with Gasteiger partial charge in [-0.25, -0.2) is 12.8 Å². The third-order valence-corrected chi connectivity index (χ3v) is 6.56. The van der Waals surface area contributed by atoms with Gasteiger partial charge in [-0.3, -0.25) is 4.72 Å². The van der Waals surface area contributed by atoms with E-state index in [4.69, 9.17) is 4.74 Å². The van der Waals surface area contributed by atoms with E-state index in [1.165, 1.54) is 43.1 Å². The van der Waals surface area contributed by atoms with Crippen LogP contribution in [0.25, 0.3) is 0 Å². The highest BCUT2D eigenvalue weighted by molar-refractivity contribution is 7.99. The van der Waals surface area contributed by atoms with Crippen LogP contribution in [0.5, 0.6) is 5.75 Å². The number of fused-ring (bicyclic) bond motifs is 2. The van der Waals surface area contributed by atoms with Crippen molar-refractivity contribution in [3.8, 4) is 5.75 Å². The predicted molar refractivity (Wildman–Crippen MR) is 104 cm³/mol. The molecular weight excluding hydrogens is 387 g/mol. The molecule has 1 heterocycles. The number of hydrogen-bond donors (Lipinski definition) is 2. The van der Waals surface area contributed by atoms with Gasteiger partial charge in [0.1, 0.15) is 11.6 Å². The molecule has 1 aliphatic rings. The van der Waals surface area contributed by atoms with E-state index in [9.17, 15) is 12.8 Å². The average molecular weight is 402 g/mol. The molecular formula is C19H15FN2O3S2. The van der Waals surface area contributed by atoms with Crippen LogP contribution in [-0.2, 0) is 10.0 Å². The maximum atomic E-state index is 13.5. The normalized spacial score (nSPS) is 12.5. The summed E-state index contributed by atoms with van der Waals surface area (Å²) in [5, 5.41) is 3.19. The fourth-order valence-electron chi connectivity index (χ4n) is 2.73. The molecule has 4 rings (SSSR count). The lowest BCUT2D eigenvalue weighted by Crippen LogP contribution is -2.15. The lowest BCUT2D eigenvalue weighted by atomic mass is 10.2. The first-order chi connectivity index (χ1) is 13.0. The molecule has 0 saturated carbocycles. The maximum Gasteiger partial charge on any atom is 0.261 e. The van der Waals surface area contributed by atoms with Crippen LogP contribution in [0.3, 0.4) is 0 Å². The van der Waals surface area contributed by atoms with E-state index >= 15 is 0 Å². The zero-order valence-electron chi connectivity index (χ0n) is 14.2. The molecule has 0 saturated heterocycles. The van der Waals surface area contributed by atoms with Gasteiger partial charge in [0.05, 0.1) is 29.1 Å². The van der Waals surface area contributed by atoms with Gasteiger partial charge in [-0.15, -0.1) is 0 Å². The smallest absolute Gasteiger partial charge is 0.261 e. The molecule has 1 aliphatic heterocycles. The molecule has 3 aromatic carbocycles. The van der Waals surface area contributed by atoms with Crippen molar-refractivity contribution in [2.45, 2.75) is 14.7 Å². The van der Waals surface area contributed by atoms with Crippen molar-refractivity contribution >= 4 is 38.8 Å². The van der Waals surface area contributed by atoms with E-state index in [0.717, 1.165) is 15.5 Å². The number of halogens is 1. The molecule has 5 nitrogen and oxygen atoms in total. The number of nitrogens with one attached hydrogen (secondary N) is 2. The molecule has 0 unspecified atom stereocenters. The molecule has 0 fully saturated rings. The summed E-state index contributed by atoms with van der Waals surface area (Å²) in [6.07, 6.45) is 0. The first-order valence-electron chi connectivity index (χ1n) is 8.00. The van der Waals surface area contributed by atoms with Crippen LogP contribution in [0.1, 0.15) is 0 Å². The molecule has 0 aliphatic carbocycles. The Labute approximate surface area is 160 Å². The van der Waals surface area contributed by atoms with Gasteiger partial charge < -0.3 is 10.1 Å². The van der Waals surface area contributed by atoms with Crippen molar-refractivity contribution in [3.63, 3.8) is 0 Å². The number of sulfonamides is 1. The van der Waals surface area contributed by atoms with Crippen LogP contribution >= 0.6 is 11.8 Å². The van der Waals surface area contributed by atoms with Crippen molar-refractivity contribution in [1.29, 1.82) is 0 Å². The lowest BCUT2D eigenvalue weighted by molar-refractivity contribution is 0.414. The molecule has 3 aromatic rings. The molecule has 0 amide bonds. The lowest BCUT2D eigenvalue weighted by Gasteiger charge is -2.23. The Bertz CT molecular complexity index is 1120. The second-order valence-corrected chi connectivity index (χ2v) is 8.59. The second-order valence-electron chi connectivity index (χ2n) is 5.83. The summed E-state index contributed by atoms with van der Waals surface area (Å²) in [5.41, 5.74) is 1.79. The summed E-state index contributed by atoms with van der Waals surface area (Å²) >= 11 is 1.38. The molecule has 0 radical (unpaired) electrons. The van der Waals surface area contributed by atoms with E-state index in [0.29, 0.717) is 17.1 Å². The van der Waals surface area contributed by atoms with Crippen LogP contribution in [0.2, 0.25) is 0 Å². The number of benzene rings is 3. The third-order valence-electron chi connectivity index (χ3n) is 4.06. The van der Waals surface area contributed by atoms with Crippen molar-refractivity contribution < 1.29 is 17.5 Å². The van der Waals surface area contributed by atoms with E-state index in [2.05, 4.69) is 10.0 Å². The van der Waals surface area contributed by atoms with Crippen LogP contribution in [0.4, 0.5) is 21.5 Å². The van der Waals surface area contributed by atoms with Gasteiger partial charge in [-0.2, -0.15) is 0 Å². The number of ether oxygens (including phenoxy) is 1. The number of methoxy groups -OCH3 is 1. The van der Waals surface area contributed by atoms with Crippen molar-refractivity contribution in [1.82, 2.24) is 0 Å². The standard InChI is InChI=1S/C19H15FN2O3S2/c1-25-13-6-8-14(9-7-13)27(23,24)22-16-3-2-4-17-19(16)21-15-10-5-12(20)11-18(15)26-17/h2-11,21-22H,1H3. The number of hydrogen-bond acceptors (Lipinski definition) is 5. The maximum absolute atomic E-state index is 13.5. The summed E-state index contributed by atoms with van der Waals surface area (Å²) in [4.78, 5) is 1.69. The number of para-hydroxylation sites is 1. The molecule has 0 atom stereocenters. The number of rotatable bonds is 4. The van der Waals surface area contributed by atoms with Crippen molar-refractivity contribution in [2.24, 2.45) is 0 Å². The topological polar surface area (TPSA) is 67.4 Å². The fourth-order valence-corrected chi connectivity index (χ4v) is 4.84. The van der Waals surface area contributed by atoms with E-state index in [1.54, 1.807) is 30.3 Å². The number of anilines is 3. The summed E-state index contributed by atoms with van der Waals surface area (Å²) in [6.45, 7) is 0. The monoisotopic (exact) mass is 402 g/mol. The van der Waals surface area contributed by atoms with Crippen molar-refractivity contribution in [3.05, 3.63) is 66.5 Å². The largest absolute Gasteiger partial charge is 0.497 e. The Balaban J connectivity index is 1.67. The van der Waals surface area contributed by atoms with Gasteiger partial charge in [0.15, 0.2) is 0 Å². The average Bonchev–Trinajstić information content (AvgIpc) is 2.66. The van der Waals surface area contributed by atoms with Crippen LogP contribution in [0.15, 0.2) is 75.4 Å². The highest BCUT2D eigenvalue weighted by Crippen LogP contribution is 2.47. The SMILES string of the molecule is COc1ccc(S(=O)(=O)Nc2cccc3c2Nc2ccc(F)cc2S3)cc1. The van der Waals surface area contributed by atoms with Gasteiger partial charge >= 0.3 is 0 Å².